The minimum atomic E-state index is -3.49. The first-order chi connectivity index (χ1) is 9.90. The van der Waals surface area contributed by atoms with Crippen LogP contribution in [0.5, 0.6) is 0 Å². The summed E-state index contributed by atoms with van der Waals surface area (Å²) in [5.74, 6) is 1.23. The monoisotopic (exact) mass is 372 g/mol. The molecule has 1 aromatic rings. The number of nitrogens with two attached hydrogens (primary N) is 1. The average Bonchev–Trinajstić information content (AvgIpc) is 3.03. The number of halogens is 1. The van der Waals surface area contributed by atoms with E-state index in [2.05, 4.69) is 20.7 Å². The van der Waals surface area contributed by atoms with Crippen molar-refractivity contribution in [2.24, 2.45) is 17.6 Å². The van der Waals surface area contributed by atoms with E-state index >= 15 is 0 Å². The van der Waals surface area contributed by atoms with Gasteiger partial charge in [0.15, 0.2) is 0 Å². The number of benzene rings is 1. The van der Waals surface area contributed by atoms with Gasteiger partial charge in [0.05, 0.1) is 4.90 Å². The molecule has 3 rings (SSSR count). The van der Waals surface area contributed by atoms with Gasteiger partial charge in [0, 0.05) is 17.1 Å². The normalized spacial score (nSPS) is 28.2. The van der Waals surface area contributed by atoms with Crippen LogP contribution in [0.3, 0.4) is 0 Å². The van der Waals surface area contributed by atoms with Gasteiger partial charge in [0.1, 0.15) is 0 Å². The summed E-state index contributed by atoms with van der Waals surface area (Å²) in [6.45, 7) is 2.15. The SMILES string of the molecule is Cc1c(Br)cc(CN)cc1S(=O)(=O)NC1CC2CCC1C2. The van der Waals surface area contributed by atoms with Crippen LogP contribution in [0.25, 0.3) is 0 Å². The van der Waals surface area contributed by atoms with Gasteiger partial charge in [0.25, 0.3) is 0 Å². The van der Waals surface area contributed by atoms with Gasteiger partial charge >= 0.3 is 0 Å². The van der Waals surface area contributed by atoms with E-state index in [1.54, 1.807) is 6.07 Å². The third-order valence-electron chi connectivity index (χ3n) is 4.93. The maximum atomic E-state index is 12.7. The summed E-state index contributed by atoms with van der Waals surface area (Å²) in [4.78, 5) is 0.347. The molecule has 0 aromatic heterocycles. The number of fused-ring (bicyclic) bond motifs is 2. The Balaban J connectivity index is 1.89. The van der Waals surface area contributed by atoms with Crippen molar-refractivity contribution in [2.45, 2.75) is 50.1 Å². The van der Waals surface area contributed by atoms with E-state index in [0.29, 0.717) is 23.3 Å². The number of hydrogen-bond acceptors (Lipinski definition) is 3. The summed E-state index contributed by atoms with van der Waals surface area (Å²) in [5.41, 5.74) is 7.22. The van der Waals surface area contributed by atoms with Crippen LogP contribution in [0.2, 0.25) is 0 Å². The van der Waals surface area contributed by atoms with Gasteiger partial charge in [-0.15, -0.1) is 0 Å². The van der Waals surface area contributed by atoms with E-state index in [0.717, 1.165) is 28.4 Å². The molecule has 2 aliphatic rings. The first-order valence-electron chi connectivity index (χ1n) is 7.42. The molecule has 2 saturated carbocycles. The molecule has 0 spiro atoms. The second-order valence-corrected chi connectivity index (χ2v) is 8.84. The van der Waals surface area contributed by atoms with Crippen molar-refractivity contribution in [2.75, 3.05) is 0 Å². The topological polar surface area (TPSA) is 72.2 Å². The van der Waals surface area contributed by atoms with E-state index in [9.17, 15) is 8.42 Å². The van der Waals surface area contributed by atoms with Gasteiger partial charge in [-0.05, 0) is 61.3 Å². The van der Waals surface area contributed by atoms with Crippen molar-refractivity contribution in [3.63, 3.8) is 0 Å². The fourth-order valence-electron chi connectivity index (χ4n) is 3.76. The molecule has 21 heavy (non-hydrogen) atoms. The Hall–Kier alpha value is -0.430. The van der Waals surface area contributed by atoms with Crippen LogP contribution >= 0.6 is 15.9 Å². The first kappa shape index (κ1) is 15.5. The van der Waals surface area contributed by atoms with Crippen molar-refractivity contribution in [1.82, 2.24) is 4.72 Å². The zero-order chi connectivity index (χ0) is 15.2. The minimum Gasteiger partial charge on any atom is -0.326 e. The number of nitrogens with one attached hydrogen (secondary N) is 1. The molecule has 2 aliphatic carbocycles. The van der Waals surface area contributed by atoms with Crippen molar-refractivity contribution < 1.29 is 8.42 Å². The maximum absolute atomic E-state index is 12.7. The summed E-state index contributed by atoms with van der Waals surface area (Å²) in [6, 6.07) is 3.68. The molecule has 2 bridgehead atoms. The average molecular weight is 373 g/mol. The van der Waals surface area contributed by atoms with Gasteiger partial charge < -0.3 is 5.73 Å². The fraction of sp³-hybridized carbons (Fsp3) is 0.600. The largest absolute Gasteiger partial charge is 0.326 e. The zero-order valence-electron chi connectivity index (χ0n) is 12.1. The Morgan fingerprint density at radius 1 is 1.33 bits per heavy atom. The molecule has 6 heteroatoms. The van der Waals surface area contributed by atoms with E-state index in [-0.39, 0.29) is 6.04 Å². The highest BCUT2D eigenvalue weighted by atomic mass is 79.9. The Bertz CT molecular complexity index is 660. The highest BCUT2D eigenvalue weighted by Crippen LogP contribution is 2.45. The van der Waals surface area contributed by atoms with Crippen LogP contribution in [0.15, 0.2) is 21.5 Å². The van der Waals surface area contributed by atoms with Gasteiger partial charge in [0.2, 0.25) is 10.0 Å². The van der Waals surface area contributed by atoms with E-state index in [1.807, 2.05) is 13.0 Å². The second-order valence-electron chi connectivity index (χ2n) is 6.31. The zero-order valence-corrected chi connectivity index (χ0v) is 14.5. The van der Waals surface area contributed by atoms with Gasteiger partial charge in [-0.25, -0.2) is 13.1 Å². The molecule has 0 radical (unpaired) electrons. The fourth-order valence-corrected chi connectivity index (χ4v) is 6.03. The molecule has 116 valence electrons. The molecule has 3 atom stereocenters. The highest BCUT2D eigenvalue weighted by Gasteiger charge is 2.41. The van der Waals surface area contributed by atoms with Gasteiger partial charge in [-0.1, -0.05) is 22.4 Å². The van der Waals surface area contributed by atoms with Gasteiger partial charge in [-0.3, -0.25) is 0 Å². The van der Waals surface area contributed by atoms with Crippen molar-refractivity contribution in [1.29, 1.82) is 0 Å². The van der Waals surface area contributed by atoms with Crippen LogP contribution in [0.1, 0.15) is 36.8 Å². The molecular weight excluding hydrogens is 352 g/mol. The van der Waals surface area contributed by atoms with E-state index in [4.69, 9.17) is 5.73 Å². The lowest BCUT2D eigenvalue weighted by Gasteiger charge is -2.23. The molecule has 4 nitrogen and oxygen atoms in total. The summed E-state index contributed by atoms with van der Waals surface area (Å²) in [5, 5.41) is 0. The summed E-state index contributed by atoms with van der Waals surface area (Å²) in [7, 11) is -3.49. The minimum absolute atomic E-state index is 0.105. The van der Waals surface area contributed by atoms with Crippen molar-refractivity contribution in [3.8, 4) is 0 Å². The lowest BCUT2D eigenvalue weighted by atomic mass is 9.96. The lowest BCUT2D eigenvalue weighted by Crippen LogP contribution is -2.38. The van der Waals surface area contributed by atoms with Gasteiger partial charge in [-0.2, -0.15) is 0 Å². The standard InChI is InChI=1S/C15H21BrN2O2S/c1-9-13(16)5-11(8-17)7-15(9)21(19,20)18-14-6-10-2-3-12(14)4-10/h5,7,10,12,14,18H,2-4,6,8,17H2,1H3. The summed E-state index contributed by atoms with van der Waals surface area (Å²) < 4.78 is 29.2. The number of sulfonamides is 1. The van der Waals surface area contributed by atoms with Crippen LogP contribution in [-0.4, -0.2) is 14.5 Å². The van der Waals surface area contributed by atoms with E-state index in [1.165, 1.54) is 12.8 Å². The first-order valence-corrected chi connectivity index (χ1v) is 9.69. The van der Waals surface area contributed by atoms with Crippen molar-refractivity contribution >= 4 is 26.0 Å². The molecule has 0 aliphatic heterocycles. The van der Waals surface area contributed by atoms with E-state index < -0.39 is 10.0 Å². The van der Waals surface area contributed by atoms with Crippen LogP contribution in [0, 0.1) is 18.8 Å². The number of hydrogen-bond donors (Lipinski definition) is 2. The molecule has 0 heterocycles. The molecule has 1 aromatic carbocycles. The number of rotatable bonds is 4. The molecular formula is C15H21BrN2O2S. The predicted octanol–water partition coefficient (Wildman–Crippen LogP) is 2.68. The summed E-state index contributed by atoms with van der Waals surface area (Å²) >= 11 is 3.43. The Morgan fingerprint density at radius 2 is 2.10 bits per heavy atom. The lowest BCUT2D eigenvalue weighted by molar-refractivity contribution is 0.390. The maximum Gasteiger partial charge on any atom is 0.241 e. The predicted molar refractivity (Wildman–Crippen MR) is 86.3 cm³/mol. The molecule has 2 fully saturated rings. The Kier molecular flexibility index (Phi) is 4.16. The summed E-state index contributed by atoms with van der Waals surface area (Å²) in [6.07, 6.45) is 4.58. The third-order valence-corrected chi connectivity index (χ3v) is 7.37. The molecule has 3 unspecified atom stereocenters. The quantitative estimate of drug-likeness (QED) is 0.853. The Labute approximate surface area is 134 Å². The molecule has 3 N–H and O–H groups in total. The van der Waals surface area contributed by atoms with Crippen LogP contribution < -0.4 is 10.5 Å². The smallest absolute Gasteiger partial charge is 0.241 e. The third kappa shape index (κ3) is 2.91. The van der Waals surface area contributed by atoms with Crippen LogP contribution in [0.4, 0.5) is 0 Å². The highest BCUT2D eigenvalue weighted by molar-refractivity contribution is 9.10. The molecule has 0 amide bonds. The second kappa shape index (κ2) is 5.65. The van der Waals surface area contributed by atoms with Crippen LogP contribution in [-0.2, 0) is 16.6 Å². The molecule has 0 saturated heterocycles. The van der Waals surface area contributed by atoms with Crippen molar-refractivity contribution in [3.05, 3.63) is 27.7 Å². The Morgan fingerprint density at radius 3 is 2.67 bits per heavy atom.